The third-order valence-electron chi connectivity index (χ3n) is 1.95. The van der Waals surface area contributed by atoms with Crippen molar-refractivity contribution in [2.24, 2.45) is 5.10 Å². The maximum Gasteiger partial charge on any atom is 0.189 e. The normalized spacial score (nSPS) is 10.8. The number of hydrogen-bond acceptors (Lipinski definition) is 3. The molecular weight excluding hydrogens is 222 g/mol. The average Bonchev–Trinajstić information content (AvgIpc) is 2.35. The van der Waals surface area contributed by atoms with Gasteiger partial charge in [-0.3, -0.25) is 4.79 Å². The molecule has 0 atom stereocenters. The summed E-state index contributed by atoms with van der Waals surface area (Å²) in [5.41, 5.74) is 1.11. The van der Waals surface area contributed by atoms with Gasteiger partial charge < -0.3 is 5.32 Å². The molecule has 1 rings (SSSR count). The summed E-state index contributed by atoms with van der Waals surface area (Å²) < 4.78 is 0. The van der Waals surface area contributed by atoms with Crippen molar-refractivity contribution in [2.45, 2.75) is 0 Å². The SMILES string of the molecule is CNC(=S)N(C)N=C(C=O)c1ccccc1. The Morgan fingerprint density at radius 3 is 2.56 bits per heavy atom. The van der Waals surface area contributed by atoms with E-state index in [1.54, 1.807) is 14.1 Å². The van der Waals surface area contributed by atoms with Gasteiger partial charge >= 0.3 is 0 Å². The second kappa shape index (κ2) is 5.97. The monoisotopic (exact) mass is 235 g/mol. The second-order valence-electron chi connectivity index (χ2n) is 3.05. The molecule has 0 radical (unpaired) electrons. The lowest BCUT2D eigenvalue weighted by Gasteiger charge is -2.14. The van der Waals surface area contributed by atoms with E-state index in [1.807, 2.05) is 30.3 Å². The minimum atomic E-state index is 0.348. The van der Waals surface area contributed by atoms with Crippen molar-refractivity contribution in [2.75, 3.05) is 14.1 Å². The number of thiocarbonyl (C=S) groups is 1. The summed E-state index contributed by atoms with van der Waals surface area (Å²) in [5, 5.41) is 8.80. The van der Waals surface area contributed by atoms with E-state index in [1.165, 1.54) is 5.01 Å². The average molecular weight is 235 g/mol. The van der Waals surface area contributed by atoms with Gasteiger partial charge in [0.1, 0.15) is 5.71 Å². The first-order chi connectivity index (χ1) is 7.69. The molecule has 5 heteroatoms. The summed E-state index contributed by atoms with van der Waals surface area (Å²) in [6, 6.07) is 9.23. The van der Waals surface area contributed by atoms with E-state index in [9.17, 15) is 4.79 Å². The molecule has 0 saturated carbocycles. The lowest BCUT2D eigenvalue weighted by molar-refractivity contribution is -0.102. The van der Waals surface area contributed by atoms with Crippen LogP contribution in [0.1, 0.15) is 5.56 Å². The Kier molecular flexibility index (Phi) is 4.60. The second-order valence-corrected chi connectivity index (χ2v) is 3.43. The van der Waals surface area contributed by atoms with Crippen LogP contribution in [0.2, 0.25) is 0 Å². The van der Waals surface area contributed by atoms with Crippen molar-refractivity contribution in [1.29, 1.82) is 0 Å². The number of carbonyl (C=O) groups is 1. The highest BCUT2D eigenvalue weighted by atomic mass is 32.1. The van der Waals surface area contributed by atoms with Crippen LogP contribution in [0.5, 0.6) is 0 Å². The van der Waals surface area contributed by atoms with Crippen molar-refractivity contribution in [3.05, 3.63) is 35.9 Å². The Hall–Kier alpha value is -1.75. The van der Waals surface area contributed by atoms with Crippen LogP contribution in [0, 0.1) is 0 Å². The maximum atomic E-state index is 10.9. The van der Waals surface area contributed by atoms with E-state index in [4.69, 9.17) is 12.2 Å². The lowest BCUT2D eigenvalue weighted by atomic mass is 10.1. The highest BCUT2D eigenvalue weighted by Crippen LogP contribution is 2.01. The predicted molar refractivity (Wildman–Crippen MR) is 68.5 cm³/mol. The van der Waals surface area contributed by atoms with E-state index in [0.717, 1.165) is 5.56 Å². The van der Waals surface area contributed by atoms with Crippen LogP contribution in [0.25, 0.3) is 0 Å². The summed E-state index contributed by atoms with van der Waals surface area (Å²) in [7, 11) is 3.39. The zero-order chi connectivity index (χ0) is 12.0. The third kappa shape index (κ3) is 3.13. The van der Waals surface area contributed by atoms with E-state index in [-0.39, 0.29) is 0 Å². The molecule has 1 aromatic rings. The predicted octanol–water partition coefficient (Wildman–Crippen LogP) is 1.03. The van der Waals surface area contributed by atoms with Gasteiger partial charge in [-0.1, -0.05) is 30.3 Å². The highest BCUT2D eigenvalue weighted by Gasteiger charge is 2.05. The van der Waals surface area contributed by atoms with Crippen LogP contribution in [0.4, 0.5) is 0 Å². The van der Waals surface area contributed by atoms with Crippen LogP contribution in [0.15, 0.2) is 35.4 Å². The molecule has 0 fully saturated rings. The Labute approximate surface area is 100.0 Å². The largest absolute Gasteiger partial charge is 0.364 e. The van der Waals surface area contributed by atoms with Crippen molar-refractivity contribution in [3.63, 3.8) is 0 Å². The molecule has 0 spiro atoms. The number of nitrogens with zero attached hydrogens (tertiary/aromatic N) is 2. The fourth-order valence-corrected chi connectivity index (χ4v) is 1.17. The van der Waals surface area contributed by atoms with Crippen LogP contribution in [-0.2, 0) is 4.79 Å². The standard InChI is InChI=1S/C11H13N3OS/c1-12-11(16)14(2)13-10(8-15)9-6-4-3-5-7-9/h3-8H,1-2H3,(H,12,16). The molecule has 0 amide bonds. The Balaban J connectivity index is 2.95. The van der Waals surface area contributed by atoms with Gasteiger partial charge in [-0.15, -0.1) is 0 Å². The smallest absolute Gasteiger partial charge is 0.189 e. The summed E-state index contributed by atoms with van der Waals surface area (Å²) in [4.78, 5) is 10.9. The summed E-state index contributed by atoms with van der Waals surface area (Å²) in [6.07, 6.45) is 0.712. The first-order valence-corrected chi connectivity index (χ1v) is 5.14. The van der Waals surface area contributed by atoms with E-state index in [0.29, 0.717) is 17.1 Å². The minimum absolute atomic E-state index is 0.348. The molecule has 16 heavy (non-hydrogen) atoms. The Bertz CT molecular complexity index is 403. The van der Waals surface area contributed by atoms with Crippen LogP contribution in [-0.4, -0.2) is 36.2 Å². The molecule has 0 bridgehead atoms. The summed E-state index contributed by atoms with van der Waals surface area (Å²) in [6.45, 7) is 0. The fourth-order valence-electron chi connectivity index (χ4n) is 1.13. The number of nitrogens with one attached hydrogen (secondary N) is 1. The molecule has 0 aliphatic heterocycles. The van der Waals surface area contributed by atoms with E-state index in [2.05, 4.69) is 10.4 Å². The van der Waals surface area contributed by atoms with Gasteiger partial charge in [-0.2, -0.15) is 5.10 Å². The Morgan fingerprint density at radius 1 is 1.44 bits per heavy atom. The highest BCUT2D eigenvalue weighted by molar-refractivity contribution is 7.80. The maximum absolute atomic E-state index is 10.9. The molecule has 4 nitrogen and oxygen atoms in total. The first-order valence-electron chi connectivity index (χ1n) is 4.73. The van der Waals surface area contributed by atoms with Gasteiger partial charge in [0.15, 0.2) is 11.4 Å². The zero-order valence-electron chi connectivity index (χ0n) is 9.18. The molecule has 0 heterocycles. The molecular formula is C11H13N3OS. The van der Waals surface area contributed by atoms with E-state index >= 15 is 0 Å². The summed E-state index contributed by atoms with van der Waals surface area (Å²) in [5.74, 6) is 0. The molecule has 0 unspecified atom stereocenters. The van der Waals surface area contributed by atoms with Gasteiger partial charge in [0.2, 0.25) is 0 Å². The van der Waals surface area contributed by atoms with Crippen LogP contribution in [0.3, 0.4) is 0 Å². The van der Waals surface area contributed by atoms with Crippen LogP contribution >= 0.6 is 12.2 Å². The van der Waals surface area contributed by atoms with Gasteiger partial charge in [-0.05, 0) is 12.2 Å². The number of benzene rings is 1. The number of carbonyl (C=O) groups excluding carboxylic acids is 1. The van der Waals surface area contributed by atoms with Crippen molar-refractivity contribution < 1.29 is 4.79 Å². The molecule has 0 aliphatic rings. The molecule has 1 N–H and O–H groups in total. The van der Waals surface area contributed by atoms with E-state index < -0.39 is 0 Å². The Morgan fingerprint density at radius 2 is 2.06 bits per heavy atom. The molecule has 84 valence electrons. The number of aldehydes is 1. The first kappa shape index (κ1) is 12.3. The van der Waals surface area contributed by atoms with Gasteiger partial charge in [0.05, 0.1) is 0 Å². The molecule has 0 aliphatic carbocycles. The quantitative estimate of drug-likeness (QED) is 0.368. The minimum Gasteiger partial charge on any atom is -0.364 e. The van der Waals surface area contributed by atoms with Gasteiger partial charge in [-0.25, -0.2) is 5.01 Å². The van der Waals surface area contributed by atoms with Gasteiger partial charge in [0.25, 0.3) is 0 Å². The molecule has 1 aromatic carbocycles. The molecule has 0 aromatic heterocycles. The number of rotatable bonds is 3. The van der Waals surface area contributed by atoms with Crippen molar-refractivity contribution in [3.8, 4) is 0 Å². The van der Waals surface area contributed by atoms with Crippen molar-refractivity contribution >= 4 is 29.3 Å². The lowest BCUT2D eigenvalue weighted by Crippen LogP contribution is -2.31. The summed E-state index contributed by atoms with van der Waals surface area (Å²) >= 11 is 4.99. The fraction of sp³-hybridized carbons (Fsp3) is 0.182. The zero-order valence-corrected chi connectivity index (χ0v) is 9.99. The number of hydrogen-bond donors (Lipinski definition) is 1. The molecule has 0 saturated heterocycles. The van der Waals surface area contributed by atoms with Crippen molar-refractivity contribution in [1.82, 2.24) is 10.3 Å². The number of hydrazone groups is 1. The van der Waals surface area contributed by atoms with Gasteiger partial charge in [0, 0.05) is 19.7 Å². The topological polar surface area (TPSA) is 44.7 Å². The van der Waals surface area contributed by atoms with Crippen LogP contribution < -0.4 is 5.32 Å². The third-order valence-corrected chi connectivity index (χ3v) is 2.42.